The molecule has 0 spiro atoms. The average molecular weight is 431 g/mol. The van der Waals surface area contributed by atoms with Gasteiger partial charge in [-0.2, -0.15) is 11.8 Å². The molecule has 30 heavy (non-hydrogen) atoms. The van der Waals surface area contributed by atoms with Crippen molar-refractivity contribution in [1.29, 1.82) is 0 Å². The van der Waals surface area contributed by atoms with Crippen molar-refractivity contribution in [2.75, 3.05) is 5.75 Å². The van der Waals surface area contributed by atoms with Crippen molar-refractivity contribution in [3.63, 3.8) is 0 Å². The molecule has 2 nitrogen and oxygen atoms in total. The largest absolute Gasteiger partial charge is 0.393 e. The third-order valence-corrected chi connectivity index (χ3v) is 8.80. The second kappa shape index (κ2) is 9.38. The summed E-state index contributed by atoms with van der Waals surface area (Å²) in [6.07, 6.45) is 13.0. The molecule has 3 aliphatic carbocycles. The van der Waals surface area contributed by atoms with Crippen LogP contribution in [-0.2, 0) is 0 Å². The van der Waals surface area contributed by atoms with E-state index in [9.17, 15) is 10.2 Å². The van der Waals surface area contributed by atoms with Crippen molar-refractivity contribution in [2.45, 2.75) is 96.5 Å². The maximum Gasteiger partial charge on any atom is 0.0811 e. The van der Waals surface area contributed by atoms with Gasteiger partial charge in [0, 0.05) is 11.2 Å². The van der Waals surface area contributed by atoms with Gasteiger partial charge in [0.2, 0.25) is 0 Å². The third kappa shape index (κ3) is 5.34. The Kier molecular flexibility index (Phi) is 7.47. The summed E-state index contributed by atoms with van der Waals surface area (Å²) >= 11 is 2.08. The molecule has 0 aromatic carbocycles. The molecule has 2 N–H and O–H groups in total. The number of fused-ring (bicyclic) bond motifs is 1. The van der Waals surface area contributed by atoms with Gasteiger partial charge in [0.05, 0.1) is 12.2 Å². The van der Waals surface area contributed by atoms with Gasteiger partial charge in [-0.05, 0) is 72.7 Å². The minimum absolute atomic E-state index is 0.289. The molecule has 0 aliphatic heterocycles. The van der Waals surface area contributed by atoms with Crippen LogP contribution in [0.5, 0.6) is 0 Å². The Labute approximate surface area is 188 Å². The second-order valence-corrected chi connectivity index (χ2v) is 12.9. The molecule has 2 saturated carbocycles. The van der Waals surface area contributed by atoms with Crippen LogP contribution in [0.15, 0.2) is 47.1 Å². The normalized spacial score (nSPS) is 36.2. The van der Waals surface area contributed by atoms with E-state index in [1.54, 1.807) is 11.1 Å². The summed E-state index contributed by atoms with van der Waals surface area (Å²) in [6.45, 7) is 15.9. The molecule has 0 aromatic heterocycles. The molecule has 0 amide bonds. The SMILES string of the molecule is C=C1C(=CC=C2CCC[C@]3(C)C([C@H](C)CCSC(C)(C)C)=CC[C@@H]23)CC(O)CC1O. The number of hydrogen-bond donors (Lipinski definition) is 2. The smallest absolute Gasteiger partial charge is 0.0811 e. The molecular weight excluding hydrogens is 388 g/mol. The lowest BCUT2D eigenvalue weighted by Gasteiger charge is -2.42. The van der Waals surface area contributed by atoms with Gasteiger partial charge in [0.25, 0.3) is 0 Å². The fraction of sp³-hybridized carbons (Fsp3) is 0.704. The van der Waals surface area contributed by atoms with Gasteiger partial charge in [-0.25, -0.2) is 0 Å². The molecule has 0 radical (unpaired) electrons. The molecule has 3 aliphatic rings. The van der Waals surface area contributed by atoms with E-state index in [1.165, 1.54) is 25.0 Å². The minimum Gasteiger partial charge on any atom is -0.393 e. The van der Waals surface area contributed by atoms with Crippen molar-refractivity contribution in [2.24, 2.45) is 17.3 Å². The van der Waals surface area contributed by atoms with Gasteiger partial charge in [-0.3, -0.25) is 0 Å². The molecule has 0 aromatic rings. The minimum atomic E-state index is -0.610. The van der Waals surface area contributed by atoms with Crippen LogP contribution in [-0.4, -0.2) is 32.9 Å². The monoisotopic (exact) mass is 430 g/mol. The van der Waals surface area contributed by atoms with Gasteiger partial charge < -0.3 is 10.2 Å². The van der Waals surface area contributed by atoms with Gasteiger partial charge in [0.1, 0.15) is 0 Å². The zero-order chi connectivity index (χ0) is 22.1. The van der Waals surface area contributed by atoms with E-state index < -0.39 is 12.2 Å². The van der Waals surface area contributed by atoms with Crippen LogP contribution in [0.3, 0.4) is 0 Å². The third-order valence-electron chi connectivity index (χ3n) is 7.49. The number of rotatable bonds is 5. The molecule has 0 heterocycles. The Balaban J connectivity index is 1.71. The Bertz CT molecular complexity index is 738. The molecular formula is C27H42O2S. The highest BCUT2D eigenvalue weighted by Gasteiger charge is 2.45. The van der Waals surface area contributed by atoms with Crippen LogP contribution in [0.2, 0.25) is 0 Å². The Morgan fingerprint density at radius 3 is 2.73 bits per heavy atom. The van der Waals surface area contributed by atoms with E-state index in [1.807, 2.05) is 0 Å². The van der Waals surface area contributed by atoms with E-state index in [2.05, 4.69) is 71.2 Å². The first-order chi connectivity index (χ1) is 14.0. The number of thioether (sulfide) groups is 1. The summed E-state index contributed by atoms with van der Waals surface area (Å²) < 4.78 is 0.342. The first kappa shape index (κ1) is 23.9. The van der Waals surface area contributed by atoms with Gasteiger partial charge in [-0.1, -0.05) is 70.6 Å². The van der Waals surface area contributed by atoms with Crippen LogP contribution in [0, 0.1) is 17.3 Å². The van der Waals surface area contributed by atoms with Crippen LogP contribution >= 0.6 is 11.8 Å². The zero-order valence-electron chi connectivity index (χ0n) is 19.7. The highest BCUT2D eigenvalue weighted by molar-refractivity contribution is 8.00. The van der Waals surface area contributed by atoms with E-state index in [4.69, 9.17) is 0 Å². The van der Waals surface area contributed by atoms with Gasteiger partial charge >= 0.3 is 0 Å². The van der Waals surface area contributed by atoms with Crippen LogP contribution in [0.1, 0.15) is 79.6 Å². The topological polar surface area (TPSA) is 40.5 Å². The molecule has 3 rings (SSSR count). The fourth-order valence-corrected chi connectivity index (χ4v) is 6.86. The maximum absolute atomic E-state index is 10.1. The first-order valence-corrected chi connectivity index (χ1v) is 12.8. The molecule has 3 heteroatoms. The highest BCUT2D eigenvalue weighted by Crippen LogP contribution is 2.57. The Hall–Kier alpha value is -0.770. The summed E-state index contributed by atoms with van der Waals surface area (Å²) in [5.74, 6) is 2.48. The zero-order valence-corrected chi connectivity index (χ0v) is 20.5. The lowest BCUT2D eigenvalue weighted by atomic mass is 9.62. The standard InChI is InChI=1S/C27H42O2S/c1-18(13-15-30-26(3,4)5)23-11-12-24-20(8-7-14-27(23,24)6)9-10-21-16-22(28)17-25(29)19(21)2/h9-11,18,22,24-25,28-29H,2,7-8,12-17H2,1,3-6H3/t18-,22?,24+,25?,27-/m1/s1. The molecule has 2 unspecified atom stereocenters. The second-order valence-electron chi connectivity index (χ2n) is 10.9. The lowest BCUT2D eigenvalue weighted by Crippen LogP contribution is -2.32. The van der Waals surface area contributed by atoms with Crippen LogP contribution in [0.25, 0.3) is 0 Å². The number of aliphatic hydroxyl groups excluding tert-OH is 2. The van der Waals surface area contributed by atoms with E-state index >= 15 is 0 Å². The molecule has 2 fully saturated rings. The van der Waals surface area contributed by atoms with Gasteiger partial charge in [-0.15, -0.1) is 0 Å². The average Bonchev–Trinajstić information content (AvgIpc) is 3.00. The summed E-state index contributed by atoms with van der Waals surface area (Å²) in [5, 5.41) is 20.2. The fourth-order valence-electron chi connectivity index (χ4n) is 5.78. The van der Waals surface area contributed by atoms with Crippen molar-refractivity contribution in [1.82, 2.24) is 0 Å². The maximum atomic E-state index is 10.1. The summed E-state index contributed by atoms with van der Waals surface area (Å²) in [5.41, 5.74) is 5.32. The van der Waals surface area contributed by atoms with Crippen molar-refractivity contribution >= 4 is 11.8 Å². The van der Waals surface area contributed by atoms with Gasteiger partial charge in [0.15, 0.2) is 0 Å². The van der Waals surface area contributed by atoms with E-state index in [0.29, 0.717) is 29.4 Å². The molecule has 0 bridgehead atoms. The lowest BCUT2D eigenvalue weighted by molar-refractivity contribution is 0.0862. The Morgan fingerprint density at radius 2 is 2.03 bits per heavy atom. The summed E-state index contributed by atoms with van der Waals surface area (Å²) in [6, 6.07) is 0. The number of aliphatic hydroxyl groups is 2. The molecule has 0 saturated heterocycles. The van der Waals surface area contributed by atoms with Crippen molar-refractivity contribution in [3.05, 3.63) is 47.1 Å². The summed E-state index contributed by atoms with van der Waals surface area (Å²) in [4.78, 5) is 0. The predicted molar refractivity (Wildman–Crippen MR) is 131 cm³/mol. The number of hydrogen-bond acceptors (Lipinski definition) is 3. The molecule has 168 valence electrons. The highest BCUT2D eigenvalue weighted by atomic mass is 32.2. The van der Waals surface area contributed by atoms with Crippen LogP contribution in [0.4, 0.5) is 0 Å². The van der Waals surface area contributed by atoms with Crippen molar-refractivity contribution in [3.8, 4) is 0 Å². The van der Waals surface area contributed by atoms with E-state index in [-0.39, 0.29) is 5.41 Å². The van der Waals surface area contributed by atoms with Crippen molar-refractivity contribution < 1.29 is 10.2 Å². The predicted octanol–water partition coefficient (Wildman–Crippen LogP) is 6.61. The van der Waals surface area contributed by atoms with Crippen LogP contribution < -0.4 is 0 Å². The first-order valence-electron chi connectivity index (χ1n) is 11.8. The van der Waals surface area contributed by atoms with E-state index in [0.717, 1.165) is 24.0 Å². The quantitative estimate of drug-likeness (QED) is 0.482. The number of allylic oxidation sites excluding steroid dienone is 5. The molecule has 5 atom stereocenters. The summed E-state index contributed by atoms with van der Waals surface area (Å²) in [7, 11) is 0. The Morgan fingerprint density at radius 1 is 1.30 bits per heavy atom.